The minimum Gasteiger partial charge on any atom is -0.357 e. The van der Waals surface area contributed by atoms with Crippen molar-refractivity contribution in [2.75, 3.05) is 19.6 Å². The molecule has 1 unspecified atom stereocenters. The van der Waals surface area contributed by atoms with Gasteiger partial charge in [-0.05, 0) is 38.5 Å². The summed E-state index contributed by atoms with van der Waals surface area (Å²) in [7, 11) is 0. The van der Waals surface area contributed by atoms with Crippen LogP contribution in [0.5, 0.6) is 0 Å². The number of nitrogens with zero attached hydrogens (tertiary/aromatic N) is 5. The number of likely N-dealkylation sites (tertiary alicyclic amines) is 1. The molecule has 0 aromatic carbocycles. The van der Waals surface area contributed by atoms with Gasteiger partial charge in [-0.2, -0.15) is 0 Å². The second kappa shape index (κ2) is 10.2. The zero-order valence-electron chi connectivity index (χ0n) is 15.6. The zero-order valence-corrected chi connectivity index (χ0v) is 17.9. The van der Waals surface area contributed by atoms with E-state index in [-0.39, 0.29) is 24.0 Å². The molecule has 1 aliphatic heterocycles. The molecule has 7 heteroatoms. The lowest BCUT2D eigenvalue weighted by molar-refractivity contribution is 0.142. The Morgan fingerprint density at radius 2 is 2.17 bits per heavy atom. The number of rotatable bonds is 6. The van der Waals surface area contributed by atoms with Crippen molar-refractivity contribution < 1.29 is 0 Å². The smallest absolute Gasteiger partial charge is 0.194 e. The Morgan fingerprint density at radius 1 is 1.38 bits per heavy atom. The minimum atomic E-state index is 0. The Morgan fingerprint density at radius 3 is 2.83 bits per heavy atom. The van der Waals surface area contributed by atoms with Gasteiger partial charge in [0, 0.05) is 26.2 Å². The van der Waals surface area contributed by atoms with Gasteiger partial charge >= 0.3 is 0 Å². The Bertz CT molecular complexity index is 511. The van der Waals surface area contributed by atoms with Gasteiger partial charge in [0.25, 0.3) is 0 Å². The first-order valence-corrected chi connectivity index (χ1v) is 9.01. The van der Waals surface area contributed by atoms with Crippen LogP contribution in [0.4, 0.5) is 0 Å². The summed E-state index contributed by atoms with van der Waals surface area (Å²) in [5, 5.41) is 11.6. The van der Waals surface area contributed by atoms with Gasteiger partial charge in [-0.15, -0.1) is 34.2 Å². The van der Waals surface area contributed by atoms with Crippen molar-refractivity contribution in [1.82, 2.24) is 25.0 Å². The SMILES string of the molecule is CCCC1(C)CCCN(C(=NCc2nncn2CC)NCC)C1.I. The van der Waals surface area contributed by atoms with Crippen molar-refractivity contribution in [1.29, 1.82) is 0 Å². The van der Waals surface area contributed by atoms with Crippen LogP contribution in [0.1, 0.15) is 59.2 Å². The van der Waals surface area contributed by atoms with Crippen LogP contribution in [0.15, 0.2) is 11.3 Å². The van der Waals surface area contributed by atoms with Gasteiger partial charge < -0.3 is 14.8 Å². The van der Waals surface area contributed by atoms with E-state index in [2.05, 4.69) is 48.1 Å². The van der Waals surface area contributed by atoms with Crippen LogP contribution < -0.4 is 5.32 Å². The topological polar surface area (TPSA) is 58.3 Å². The summed E-state index contributed by atoms with van der Waals surface area (Å²) < 4.78 is 2.05. The molecule has 1 fully saturated rings. The zero-order chi connectivity index (χ0) is 16.7. The molecular formula is C17H33IN6. The highest BCUT2D eigenvalue weighted by Crippen LogP contribution is 2.33. The molecule has 1 N–H and O–H groups in total. The lowest BCUT2D eigenvalue weighted by Gasteiger charge is -2.42. The number of aryl methyl sites for hydroxylation is 1. The van der Waals surface area contributed by atoms with Crippen LogP contribution in [-0.4, -0.2) is 45.3 Å². The maximum Gasteiger partial charge on any atom is 0.194 e. The van der Waals surface area contributed by atoms with Crippen LogP contribution in [0.3, 0.4) is 0 Å². The van der Waals surface area contributed by atoms with Gasteiger partial charge in [0.05, 0.1) is 0 Å². The van der Waals surface area contributed by atoms with Crippen LogP contribution in [0, 0.1) is 5.41 Å². The summed E-state index contributed by atoms with van der Waals surface area (Å²) in [5.74, 6) is 1.94. The van der Waals surface area contributed by atoms with Crippen molar-refractivity contribution >= 4 is 29.9 Å². The van der Waals surface area contributed by atoms with E-state index in [0.29, 0.717) is 12.0 Å². The molecule has 0 saturated carbocycles. The molecule has 1 saturated heterocycles. The Hall–Kier alpha value is -0.860. The summed E-state index contributed by atoms with van der Waals surface area (Å²) in [6.07, 6.45) is 6.87. The van der Waals surface area contributed by atoms with E-state index < -0.39 is 0 Å². The fraction of sp³-hybridized carbons (Fsp3) is 0.824. The standard InChI is InChI=1S/C17H32N6.HI/c1-5-9-17(4)10-8-11-23(13-17)16(18-6-2)19-12-15-21-20-14-22(15)7-3;/h14H,5-13H2,1-4H3,(H,18,19);1H. The second-order valence-electron chi connectivity index (χ2n) is 6.79. The van der Waals surface area contributed by atoms with Crippen molar-refractivity contribution in [2.45, 2.75) is 66.5 Å². The lowest BCUT2D eigenvalue weighted by atomic mass is 9.78. The second-order valence-corrected chi connectivity index (χ2v) is 6.79. The number of hydrogen-bond donors (Lipinski definition) is 1. The Labute approximate surface area is 163 Å². The predicted octanol–water partition coefficient (Wildman–Crippen LogP) is 3.28. The maximum absolute atomic E-state index is 4.82. The fourth-order valence-corrected chi connectivity index (χ4v) is 3.54. The van der Waals surface area contributed by atoms with Crippen LogP contribution >= 0.6 is 24.0 Å². The third-order valence-corrected chi connectivity index (χ3v) is 4.68. The molecule has 2 rings (SSSR count). The monoisotopic (exact) mass is 448 g/mol. The number of piperidine rings is 1. The minimum absolute atomic E-state index is 0. The summed E-state index contributed by atoms with van der Waals surface area (Å²) in [6.45, 7) is 13.5. The third-order valence-electron chi connectivity index (χ3n) is 4.68. The van der Waals surface area contributed by atoms with Crippen molar-refractivity contribution in [3.63, 3.8) is 0 Å². The highest BCUT2D eigenvalue weighted by atomic mass is 127. The van der Waals surface area contributed by atoms with Gasteiger partial charge in [0.1, 0.15) is 12.9 Å². The molecule has 24 heavy (non-hydrogen) atoms. The number of hydrogen-bond acceptors (Lipinski definition) is 3. The Balaban J connectivity index is 0.00000288. The highest BCUT2D eigenvalue weighted by molar-refractivity contribution is 14.0. The molecule has 138 valence electrons. The normalized spacial score (nSPS) is 21.5. The molecular weight excluding hydrogens is 415 g/mol. The molecule has 1 aromatic rings. The number of aromatic nitrogens is 3. The van der Waals surface area contributed by atoms with Gasteiger partial charge in [0.15, 0.2) is 11.8 Å². The molecule has 1 aliphatic rings. The first-order valence-electron chi connectivity index (χ1n) is 9.01. The maximum atomic E-state index is 4.82. The average molecular weight is 448 g/mol. The van der Waals surface area contributed by atoms with Crippen molar-refractivity contribution in [3.8, 4) is 0 Å². The van der Waals surface area contributed by atoms with E-state index in [1.54, 1.807) is 6.33 Å². The Kier molecular flexibility index (Phi) is 9.01. The van der Waals surface area contributed by atoms with Gasteiger partial charge in [-0.25, -0.2) is 4.99 Å². The molecule has 0 radical (unpaired) electrons. The summed E-state index contributed by atoms with van der Waals surface area (Å²) in [4.78, 5) is 7.25. The quantitative estimate of drug-likeness (QED) is 0.412. The summed E-state index contributed by atoms with van der Waals surface area (Å²) >= 11 is 0. The molecule has 2 heterocycles. The average Bonchev–Trinajstić information content (AvgIpc) is 2.99. The van der Waals surface area contributed by atoms with Gasteiger partial charge in [-0.1, -0.05) is 20.3 Å². The molecule has 1 atom stereocenters. The van der Waals surface area contributed by atoms with E-state index in [1.165, 1.54) is 25.7 Å². The molecule has 0 bridgehead atoms. The molecule has 0 aliphatic carbocycles. The van der Waals surface area contributed by atoms with E-state index in [0.717, 1.165) is 38.0 Å². The lowest BCUT2D eigenvalue weighted by Crippen LogP contribution is -2.49. The van der Waals surface area contributed by atoms with E-state index >= 15 is 0 Å². The first kappa shape index (κ1) is 21.2. The van der Waals surface area contributed by atoms with E-state index in [9.17, 15) is 0 Å². The van der Waals surface area contributed by atoms with Crippen LogP contribution in [0.25, 0.3) is 0 Å². The number of aliphatic imine (C=N–C) groups is 1. The van der Waals surface area contributed by atoms with E-state index in [4.69, 9.17) is 4.99 Å². The third kappa shape index (κ3) is 5.60. The van der Waals surface area contributed by atoms with E-state index in [1.807, 2.05) is 4.57 Å². The molecule has 6 nitrogen and oxygen atoms in total. The fourth-order valence-electron chi connectivity index (χ4n) is 3.54. The largest absolute Gasteiger partial charge is 0.357 e. The number of halogens is 1. The van der Waals surface area contributed by atoms with Crippen LogP contribution in [-0.2, 0) is 13.1 Å². The van der Waals surface area contributed by atoms with Gasteiger partial charge in [0.2, 0.25) is 0 Å². The van der Waals surface area contributed by atoms with Crippen molar-refractivity contribution in [3.05, 3.63) is 12.2 Å². The summed E-state index contributed by atoms with van der Waals surface area (Å²) in [6, 6.07) is 0. The van der Waals surface area contributed by atoms with Gasteiger partial charge in [-0.3, -0.25) is 0 Å². The molecule has 1 aromatic heterocycles. The molecule has 0 amide bonds. The predicted molar refractivity (Wildman–Crippen MR) is 110 cm³/mol. The summed E-state index contributed by atoms with van der Waals surface area (Å²) in [5.41, 5.74) is 0.409. The highest BCUT2D eigenvalue weighted by Gasteiger charge is 2.31. The molecule has 0 spiro atoms. The first-order chi connectivity index (χ1) is 11.1. The number of nitrogens with one attached hydrogen (secondary N) is 1. The van der Waals surface area contributed by atoms with Crippen molar-refractivity contribution in [2.24, 2.45) is 10.4 Å². The number of guanidine groups is 1. The van der Waals surface area contributed by atoms with Crippen LogP contribution in [0.2, 0.25) is 0 Å².